The van der Waals surface area contributed by atoms with Crippen molar-refractivity contribution in [1.82, 2.24) is 0 Å². The highest BCUT2D eigenvalue weighted by atomic mass is 16.6. The summed E-state index contributed by atoms with van der Waals surface area (Å²) in [5.74, 6) is -6.92. The normalized spacial score (nSPS) is 15.4. The number of fused-ring (bicyclic) bond motifs is 2. The first kappa shape index (κ1) is 22.6. The van der Waals surface area contributed by atoms with Gasteiger partial charge in [0.2, 0.25) is 23.1 Å². The number of benzene rings is 3. The number of rotatable bonds is 4. The summed E-state index contributed by atoms with van der Waals surface area (Å²) < 4.78 is 0. The van der Waals surface area contributed by atoms with Crippen LogP contribution < -0.4 is 0 Å². The average Bonchev–Trinajstić information content (AvgIpc) is 2.90. The van der Waals surface area contributed by atoms with Crippen LogP contribution in [-0.4, -0.2) is 38.3 Å². The third kappa shape index (κ3) is 3.25. The zero-order valence-corrected chi connectivity index (χ0v) is 18.3. The summed E-state index contributed by atoms with van der Waals surface area (Å²) >= 11 is 0. The molecule has 36 heavy (non-hydrogen) atoms. The van der Waals surface area contributed by atoms with Gasteiger partial charge in [-0.3, -0.25) is 29.3 Å². The molecular formula is C27H15NO8. The van der Waals surface area contributed by atoms with Crippen LogP contribution in [0.2, 0.25) is 0 Å². The van der Waals surface area contributed by atoms with Crippen LogP contribution in [0.5, 0.6) is 0 Å². The molecule has 0 aromatic heterocycles. The zero-order valence-electron chi connectivity index (χ0n) is 18.3. The number of nitro groups is 1. The molecule has 0 saturated heterocycles. The number of non-ortho nitro benzene ring substituents is 1. The minimum atomic E-state index is -1.57. The molecule has 0 saturated carbocycles. The van der Waals surface area contributed by atoms with Gasteiger partial charge in [-0.25, -0.2) is 0 Å². The van der Waals surface area contributed by atoms with Crippen molar-refractivity contribution < 1.29 is 34.3 Å². The van der Waals surface area contributed by atoms with Crippen molar-refractivity contribution in [3.05, 3.63) is 122 Å². The molecule has 0 heterocycles. The first-order chi connectivity index (χ1) is 17.2. The van der Waals surface area contributed by atoms with E-state index in [4.69, 9.17) is 0 Å². The topological polar surface area (TPSA) is 152 Å². The molecule has 3 aromatic carbocycles. The molecule has 0 radical (unpaired) electrons. The van der Waals surface area contributed by atoms with Gasteiger partial charge < -0.3 is 10.2 Å². The van der Waals surface area contributed by atoms with Crippen molar-refractivity contribution in [1.29, 1.82) is 0 Å². The van der Waals surface area contributed by atoms with Crippen LogP contribution in [0.25, 0.3) is 11.5 Å². The van der Waals surface area contributed by atoms with E-state index in [0.717, 1.165) is 12.1 Å². The summed E-state index contributed by atoms with van der Waals surface area (Å²) in [6.45, 7) is 0. The van der Waals surface area contributed by atoms with Gasteiger partial charge in [-0.15, -0.1) is 0 Å². The summed E-state index contributed by atoms with van der Waals surface area (Å²) in [7, 11) is 0. The highest BCUT2D eigenvalue weighted by Gasteiger charge is 2.45. The molecule has 5 rings (SSSR count). The molecule has 2 aliphatic carbocycles. The van der Waals surface area contributed by atoms with Gasteiger partial charge in [-0.1, -0.05) is 60.7 Å². The predicted molar refractivity (Wildman–Crippen MR) is 126 cm³/mol. The first-order valence-electron chi connectivity index (χ1n) is 10.7. The molecule has 0 unspecified atom stereocenters. The second kappa shape index (κ2) is 8.24. The molecule has 0 aliphatic heterocycles. The summed E-state index contributed by atoms with van der Waals surface area (Å²) in [5, 5.41) is 33.5. The first-order valence-corrected chi connectivity index (χ1v) is 10.7. The Morgan fingerprint density at radius 1 is 0.583 bits per heavy atom. The number of allylic oxidation sites excluding steroid dienone is 2. The Bertz CT molecular complexity index is 1500. The van der Waals surface area contributed by atoms with E-state index in [1.807, 2.05) is 0 Å². The largest absolute Gasteiger partial charge is 0.507 e. The number of aliphatic hydroxyl groups excluding tert-OH is 2. The third-order valence-electron chi connectivity index (χ3n) is 6.28. The molecule has 3 aromatic rings. The molecule has 2 aliphatic rings. The van der Waals surface area contributed by atoms with Gasteiger partial charge in [0.1, 0.15) is 11.5 Å². The van der Waals surface area contributed by atoms with E-state index in [1.165, 1.54) is 48.5 Å². The third-order valence-corrected chi connectivity index (χ3v) is 6.28. The minimum absolute atomic E-state index is 0.0408. The number of carbonyl (C=O) groups is 4. The van der Waals surface area contributed by atoms with Crippen molar-refractivity contribution in [2.75, 3.05) is 0 Å². The Morgan fingerprint density at radius 2 is 0.972 bits per heavy atom. The van der Waals surface area contributed by atoms with Crippen LogP contribution in [0.3, 0.4) is 0 Å². The molecule has 0 fully saturated rings. The van der Waals surface area contributed by atoms with Gasteiger partial charge in [0.15, 0.2) is 0 Å². The minimum Gasteiger partial charge on any atom is -0.507 e. The van der Waals surface area contributed by atoms with Gasteiger partial charge in [0, 0.05) is 40.3 Å². The maximum absolute atomic E-state index is 13.3. The Balaban J connectivity index is 1.84. The van der Waals surface area contributed by atoms with E-state index >= 15 is 0 Å². The van der Waals surface area contributed by atoms with Crippen LogP contribution in [0.4, 0.5) is 5.69 Å². The van der Waals surface area contributed by atoms with E-state index < -0.39 is 56.6 Å². The van der Waals surface area contributed by atoms with E-state index in [0.29, 0.717) is 0 Å². The number of hydrogen-bond acceptors (Lipinski definition) is 8. The number of nitrogens with zero attached hydrogens (tertiary/aromatic N) is 1. The van der Waals surface area contributed by atoms with Crippen molar-refractivity contribution in [3.8, 4) is 0 Å². The van der Waals surface area contributed by atoms with Gasteiger partial charge >= 0.3 is 0 Å². The van der Waals surface area contributed by atoms with Gasteiger partial charge in [0.25, 0.3) is 5.69 Å². The van der Waals surface area contributed by atoms with Crippen molar-refractivity contribution in [3.63, 3.8) is 0 Å². The number of ketones is 4. The number of hydrogen-bond donors (Lipinski definition) is 2. The number of Topliss-reactive ketones (excluding diaryl/α,β-unsaturated/α-hetero) is 4. The van der Waals surface area contributed by atoms with Crippen molar-refractivity contribution in [2.24, 2.45) is 0 Å². The van der Waals surface area contributed by atoms with E-state index in [9.17, 15) is 39.5 Å². The highest BCUT2D eigenvalue weighted by Crippen LogP contribution is 2.44. The standard InChI is InChI=1S/C27H15NO8/c29-22-15-5-1-3-7-17(15)24(31)26(33)20(22)19(13-9-11-14(12-10-13)28(35)36)21-23(30)16-6-2-4-8-18(16)25(32)27(21)34/h1-12,19,29-30H. The number of aliphatic hydroxyl groups is 2. The molecular weight excluding hydrogens is 466 g/mol. The molecule has 9 nitrogen and oxygen atoms in total. The average molecular weight is 481 g/mol. The fraction of sp³-hybridized carbons (Fsp3) is 0.0370. The van der Waals surface area contributed by atoms with E-state index in [1.54, 1.807) is 12.1 Å². The van der Waals surface area contributed by atoms with Gasteiger partial charge in [-0.2, -0.15) is 0 Å². The Kier molecular flexibility index (Phi) is 5.17. The summed E-state index contributed by atoms with van der Waals surface area (Å²) in [4.78, 5) is 63.0. The summed E-state index contributed by atoms with van der Waals surface area (Å²) in [6.07, 6.45) is 0. The second-order valence-corrected chi connectivity index (χ2v) is 8.21. The molecule has 0 atom stereocenters. The quantitative estimate of drug-likeness (QED) is 0.320. The van der Waals surface area contributed by atoms with Gasteiger partial charge in [0.05, 0.1) is 16.1 Å². The Labute approximate surface area is 202 Å². The van der Waals surface area contributed by atoms with Crippen LogP contribution in [-0.2, 0) is 9.59 Å². The predicted octanol–water partition coefficient (Wildman–Crippen LogP) is 4.15. The lowest BCUT2D eigenvalue weighted by Crippen LogP contribution is -2.33. The van der Waals surface area contributed by atoms with Crippen LogP contribution in [0.15, 0.2) is 83.9 Å². The summed E-state index contributed by atoms with van der Waals surface area (Å²) in [5.41, 5.74) is -1.25. The van der Waals surface area contributed by atoms with Crippen molar-refractivity contribution in [2.45, 2.75) is 5.92 Å². The molecule has 0 bridgehead atoms. The maximum Gasteiger partial charge on any atom is 0.269 e. The maximum atomic E-state index is 13.3. The lowest BCUT2D eigenvalue weighted by atomic mass is 9.72. The van der Waals surface area contributed by atoms with E-state index in [2.05, 4.69) is 0 Å². The fourth-order valence-electron chi connectivity index (χ4n) is 4.57. The van der Waals surface area contributed by atoms with Crippen LogP contribution in [0.1, 0.15) is 43.3 Å². The zero-order chi connectivity index (χ0) is 25.7. The molecule has 176 valence electrons. The van der Waals surface area contributed by atoms with Crippen LogP contribution >= 0.6 is 0 Å². The lowest BCUT2D eigenvalue weighted by Gasteiger charge is -2.28. The number of nitro benzene ring substituents is 1. The van der Waals surface area contributed by atoms with Crippen molar-refractivity contribution >= 4 is 40.3 Å². The van der Waals surface area contributed by atoms with E-state index in [-0.39, 0.29) is 33.5 Å². The number of carbonyl (C=O) groups excluding carboxylic acids is 4. The monoisotopic (exact) mass is 481 g/mol. The van der Waals surface area contributed by atoms with Crippen LogP contribution in [0, 0.1) is 10.1 Å². The lowest BCUT2D eigenvalue weighted by molar-refractivity contribution is -0.384. The SMILES string of the molecule is O=C1C(=O)c2ccccc2C(O)=C1C(C1=C(O)c2ccccc2C(=O)C1=O)c1ccc([N+](=O)[O-])cc1. The Morgan fingerprint density at radius 3 is 1.36 bits per heavy atom. The Hall–Kier alpha value is -5.18. The molecule has 0 spiro atoms. The molecule has 2 N–H and O–H groups in total. The fourth-order valence-corrected chi connectivity index (χ4v) is 4.57. The molecule has 0 amide bonds. The summed E-state index contributed by atoms with van der Waals surface area (Å²) in [6, 6.07) is 16.4. The van der Waals surface area contributed by atoms with Gasteiger partial charge in [-0.05, 0) is 5.56 Å². The highest BCUT2D eigenvalue weighted by molar-refractivity contribution is 6.55. The second-order valence-electron chi connectivity index (χ2n) is 8.21. The molecule has 9 heteroatoms. The smallest absolute Gasteiger partial charge is 0.269 e.